The van der Waals surface area contributed by atoms with Crippen LogP contribution in [0.5, 0.6) is 0 Å². The van der Waals surface area contributed by atoms with E-state index in [-0.39, 0.29) is 0 Å². The lowest BCUT2D eigenvalue weighted by Gasteiger charge is -2.12. The molecule has 0 amide bonds. The summed E-state index contributed by atoms with van der Waals surface area (Å²) >= 11 is 1.91. The van der Waals surface area contributed by atoms with Crippen LogP contribution in [0, 0.1) is 0 Å². The van der Waals surface area contributed by atoms with Crippen molar-refractivity contribution in [2.45, 2.75) is 0 Å². The fraction of sp³-hybridized carbons (Fsp3) is 0. The molecular weight excluding hydrogens is 599 g/mol. The highest BCUT2D eigenvalue weighted by Gasteiger charge is 2.23. The molecule has 0 unspecified atom stereocenters. The van der Waals surface area contributed by atoms with Gasteiger partial charge in [-0.05, 0) is 97.7 Å². The van der Waals surface area contributed by atoms with Gasteiger partial charge in [0, 0.05) is 36.6 Å². The average molecular weight is 626 g/mol. The molecule has 0 atom stereocenters. The summed E-state index contributed by atoms with van der Waals surface area (Å²) in [6, 6.07) is 60.5. The van der Waals surface area contributed by atoms with E-state index in [0.717, 1.165) is 0 Å². The second-order valence-electron chi connectivity index (χ2n) is 12.9. The highest BCUT2D eigenvalue weighted by molar-refractivity contribution is 7.26. The Labute approximate surface area is 281 Å². The molecule has 48 heavy (non-hydrogen) atoms. The molecular formula is C46H27NS. The van der Waals surface area contributed by atoms with Crippen molar-refractivity contribution in [2.24, 2.45) is 0 Å². The predicted octanol–water partition coefficient (Wildman–Crippen LogP) is 13.3. The lowest BCUT2D eigenvalue weighted by atomic mass is 9.92. The molecule has 0 radical (unpaired) electrons. The van der Waals surface area contributed by atoms with Crippen LogP contribution in [0.15, 0.2) is 164 Å². The summed E-state index contributed by atoms with van der Waals surface area (Å²) in [6.45, 7) is 0. The van der Waals surface area contributed by atoms with Crippen molar-refractivity contribution in [3.8, 4) is 50.2 Å². The number of para-hydroxylation sites is 1. The van der Waals surface area contributed by atoms with E-state index in [9.17, 15) is 0 Å². The van der Waals surface area contributed by atoms with Crippen molar-refractivity contribution >= 4 is 64.1 Å². The number of hydrogen-bond acceptors (Lipinski definition) is 1. The summed E-state index contributed by atoms with van der Waals surface area (Å²) in [7, 11) is 0. The van der Waals surface area contributed by atoms with Gasteiger partial charge in [0.1, 0.15) is 0 Å². The van der Waals surface area contributed by atoms with E-state index >= 15 is 0 Å². The molecule has 10 aromatic rings. The van der Waals surface area contributed by atoms with Gasteiger partial charge in [-0.1, -0.05) is 121 Å². The third-order valence-electron chi connectivity index (χ3n) is 10.3. The van der Waals surface area contributed by atoms with E-state index in [1.807, 2.05) is 11.3 Å². The highest BCUT2D eigenvalue weighted by atomic mass is 32.1. The zero-order valence-electron chi connectivity index (χ0n) is 25.9. The molecule has 2 heterocycles. The Bertz CT molecular complexity index is 2910. The molecule has 2 aromatic heterocycles. The molecule has 0 saturated carbocycles. The van der Waals surface area contributed by atoms with Crippen LogP contribution < -0.4 is 0 Å². The van der Waals surface area contributed by atoms with Crippen LogP contribution in [0.4, 0.5) is 0 Å². The number of nitrogens with zero attached hydrogens (tertiary/aromatic N) is 1. The number of benzene rings is 8. The summed E-state index contributed by atoms with van der Waals surface area (Å²) in [6.07, 6.45) is 0. The van der Waals surface area contributed by atoms with Gasteiger partial charge in [0.2, 0.25) is 0 Å². The molecule has 0 aliphatic heterocycles. The van der Waals surface area contributed by atoms with E-state index in [2.05, 4.69) is 168 Å². The third kappa shape index (κ3) is 3.55. The minimum absolute atomic E-state index is 1.18. The Hall–Kier alpha value is -5.96. The van der Waals surface area contributed by atoms with Gasteiger partial charge in [0.15, 0.2) is 0 Å². The maximum Gasteiger partial charge on any atom is 0.0555 e. The molecule has 0 fully saturated rings. The van der Waals surface area contributed by atoms with Crippen LogP contribution in [-0.2, 0) is 0 Å². The summed E-state index contributed by atoms with van der Waals surface area (Å²) in [5, 5.41) is 7.96. The molecule has 0 saturated heterocycles. The highest BCUT2D eigenvalue weighted by Crippen LogP contribution is 2.49. The smallest absolute Gasteiger partial charge is 0.0555 e. The molecule has 8 aromatic carbocycles. The molecule has 0 spiro atoms. The molecule has 0 N–H and O–H groups in total. The molecule has 11 rings (SSSR count). The van der Waals surface area contributed by atoms with Gasteiger partial charge in [-0.3, -0.25) is 0 Å². The van der Waals surface area contributed by atoms with E-state index in [4.69, 9.17) is 0 Å². The van der Waals surface area contributed by atoms with E-state index in [1.165, 1.54) is 103 Å². The van der Waals surface area contributed by atoms with Crippen LogP contribution >= 0.6 is 11.3 Å². The Kier molecular flexibility index (Phi) is 5.32. The Morgan fingerprint density at radius 1 is 0.354 bits per heavy atom. The van der Waals surface area contributed by atoms with Crippen molar-refractivity contribution in [2.75, 3.05) is 0 Å². The average Bonchev–Trinajstić information content (AvgIpc) is 3.81. The predicted molar refractivity (Wildman–Crippen MR) is 206 cm³/mol. The zero-order valence-corrected chi connectivity index (χ0v) is 26.8. The number of fused-ring (bicyclic) bond motifs is 10. The number of thiophene rings is 1. The standard InChI is InChI=1S/C46H27NS/c1-2-12-31(13-3-1)47-41-24-20-29(27-40(41)45-42(47)25-23-39-35-16-6-7-19-43(35)48-46(39)45)28-10-8-11-30(26-28)32-21-22-38-34-15-5-4-14-33(34)37-18-9-17-36(32)44(37)38/h1-27H. The Morgan fingerprint density at radius 2 is 1.02 bits per heavy atom. The first-order chi connectivity index (χ1) is 23.8. The van der Waals surface area contributed by atoms with Crippen molar-refractivity contribution in [3.05, 3.63) is 164 Å². The summed E-state index contributed by atoms with van der Waals surface area (Å²) in [5.74, 6) is 0. The van der Waals surface area contributed by atoms with Gasteiger partial charge in [0.25, 0.3) is 0 Å². The largest absolute Gasteiger partial charge is 0.309 e. The minimum atomic E-state index is 1.18. The molecule has 1 nitrogen and oxygen atoms in total. The monoisotopic (exact) mass is 625 g/mol. The fourth-order valence-electron chi connectivity index (χ4n) is 8.25. The van der Waals surface area contributed by atoms with Crippen molar-refractivity contribution in [3.63, 3.8) is 0 Å². The second kappa shape index (κ2) is 9.78. The summed E-state index contributed by atoms with van der Waals surface area (Å²) in [4.78, 5) is 0. The zero-order chi connectivity index (χ0) is 31.3. The number of rotatable bonds is 3. The quantitative estimate of drug-likeness (QED) is 0.184. The first-order valence-electron chi connectivity index (χ1n) is 16.5. The first-order valence-corrected chi connectivity index (χ1v) is 17.3. The number of hydrogen-bond donors (Lipinski definition) is 0. The first kappa shape index (κ1) is 26.1. The van der Waals surface area contributed by atoms with Crippen LogP contribution in [-0.4, -0.2) is 4.57 Å². The molecule has 2 heteroatoms. The summed E-state index contributed by atoms with van der Waals surface area (Å²) in [5.41, 5.74) is 14.0. The molecule has 222 valence electrons. The lowest BCUT2D eigenvalue weighted by molar-refractivity contribution is 1.18. The van der Waals surface area contributed by atoms with Gasteiger partial charge in [-0.15, -0.1) is 11.3 Å². The summed E-state index contributed by atoms with van der Waals surface area (Å²) < 4.78 is 5.12. The van der Waals surface area contributed by atoms with Crippen LogP contribution in [0.2, 0.25) is 0 Å². The van der Waals surface area contributed by atoms with Crippen LogP contribution in [0.3, 0.4) is 0 Å². The third-order valence-corrected chi connectivity index (χ3v) is 11.5. The van der Waals surface area contributed by atoms with E-state index in [1.54, 1.807) is 0 Å². The Balaban J connectivity index is 1.13. The van der Waals surface area contributed by atoms with Gasteiger partial charge >= 0.3 is 0 Å². The normalized spacial score (nSPS) is 12.2. The van der Waals surface area contributed by atoms with Crippen molar-refractivity contribution in [1.29, 1.82) is 0 Å². The minimum Gasteiger partial charge on any atom is -0.309 e. The van der Waals surface area contributed by atoms with Gasteiger partial charge in [-0.25, -0.2) is 0 Å². The van der Waals surface area contributed by atoms with E-state index < -0.39 is 0 Å². The van der Waals surface area contributed by atoms with Crippen LogP contribution in [0.1, 0.15) is 0 Å². The molecule has 1 aliphatic carbocycles. The lowest BCUT2D eigenvalue weighted by Crippen LogP contribution is -1.92. The van der Waals surface area contributed by atoms with Gasteiger partial charge in [-0.2, -0.15) is 0 Å². The maximum absolute atomic E-state index is 2.43. The van der Waals surface area contributed by atoms with Crippen molar-refractivity contribution < 1.29 is 0 Å². The fourth-order valence-corrected chi connectivity index (χ4v) is 9.51. The molecule has 0 bridgehead atoms. The van der Waals surface area contributed by atoms with Gasteiger partial charge in [0.05, 0.1) is 11.0 Å². The maximum atomic E-state index is 2.43. The SMILES string of the molecule is c1ccc(-n2c3ccc(-c4cccc(-c5ccc6c7c(cccc57)-c5ccccc5-6)c4)cc3c3c4sc5ccccc5c4ccc32)cc1. The van der Waals surface area contributed by atoms with Crippen molar-refractivity contribution in [1.82, 2.24) is 4.57 Å². The number of aromatic nitrogens is 1. The van der Waals surface area contributed by atoms with E-state index in [0.29, 0.717) is 0 Å². The molecule has 1 aliphatic rings. The Morgan fingerprint density at radius 3 is 1.92 bits per heavy atom. The topological polar surface area (TPSA) is 4.93 Å². The second-order valence-corrected chi connectivity index (χ2v) is 13.9. The van der Waals surface area contributed by atoms with Gasteiger partial charge < -0.3 is 4.57 Å². The van der Waals surface area contributed by atoms with Crippen LogP contribution in [0.25, 0.3) is 103 Å².